The summed E-state index contributed by atoms with van der Waals surface area (Å²) >= 11 is 7.78. The van der Waals surface area contributed by atoms with Gasteiger partial charge in [0.2, 0.25) is 0 Å². The van der Waals surface area contributed by atoms with Crippen LogP contribution in [0.3, 0.4) is 0 Å². The van der Waals surface area contributed by atoms with Gasteiger partial charge in [-0.3, -0.25) is 0 Å². The average molecular weight is 322 g/mol. The smallest absolute Gasteiger partial charge is 0.124 e. The molecule has 1 N–H and O–H groups in total. The first kappa shape index (κ1) is 16.2. The molecule has 0 saturated carbocycles. The normalized spacial score (nSPS) is 12.2. The van der Waals surface area contributed by atoms with Gasteiger partial charge in [-0.05, 0) is 43.8 Å². The number of hydrogen-bond acceptors (Lipinski definition) is 3. The fraction of sp³-hybridized carbons (Fsp3) is 0.294. The summed E-state index contributed by atoms with van der Waals surface area (Å²) in [5, 5.41) is 4.21. The van der Waals surface area contributed by atoms with Crippen LogP contribution in [0.25, 0.3) is 0 Å². The number of hydrogen-bond donors (Lipinski definition) is 1. The Morgan fingerprint density at radius 1 is 1.24 bits per heavy atom. The van der Waals surface area contributed by atoms with Gasteiger partial charge in [0.25, 0.3) is 0 Å². The third-order valence-electron chi connectivity index (χ3n) is 3.21. The molecule has 0 amide bonds. The molecule has 2 aromatic carbocycles. The summed E-state index contributed by atoms with van der Waals surface area (Å²) in [5.74, 6) is 0.912. The second-order valence-corrected chi connectivity index (χ2v) is 6.26. The van der Waals surface area contributed by atoms with Crippen LogP contribution in [-0.4, -0.2) is 13.7 Å². The summed E-state index contributed by atoms with van der Waals surface area (Å²) in [5.41, 5.74) is 1.19. The van der Waals surface area contributed by atoms with Gasteiger partial charge in [0.1, 0.15) is 5.75 Å². The zero-order valence-corrected chi connectivity index (χ0v) is 14.1. The molecule has 0 aliphatic heterocycles. The standard InChI is InChI=1S/C17H20ClNOS/c1-4-19-12(2)17-15(20-3)9-6-10-16(17)21-14-8-5-7-13(18)11-14/h5-12,19H,4H2,1-3H3. The van der Waals surface area contributed by atoms with Crippen molar-refractivity contribution in [1.29, 1.82) is 0 Å². The van der Waals surface area contributed by atoms with Gasteiger partial charge in [0, 0.05) is 26.4 Å². The SMILES string of the molecule is CCNC(C)c1c(OC)cccc1Sc1cccc(Cl)c1. The minimum absolute atomic E-state index is 0.229. The van der Waals surface area contributed by atoms with Crippen LogP contribution in [0.1, 0.15) is 25.5 Å². The molecule has 0 heterocycles. The van der Waals surface area contributed by atoms with Crippen LogP contribution in [0.15, 0.2) is 52.3 Å². The summed E-state index contributed by atoms with van der Waals surface area (Å²) in [6.45, 7) is 5.18. The van der Waals surface area contributed by atoms with Gasteiger partial charge < -0.3 is 10.1 Å². The van der Waals surface area contributed by atoms with Crippen molar-refractivity contribution in [3.05, 3.63) is 53.1 Å². The van der Waals surface area contributed by atoms with Gasteiger partial charge in [0.05, 0.1) is 7.11 Å². The number of nitrogens with one attached hydrogen (secondary N) is 1. The number of halogens is 1. The molecule has 1 unspecified atom stereocenters. The Labute approximate surface area is 135 Å². The summed E-state index contributed by atoms with van der Waals surface area (Å²) in [6, 6.07) is 14.3. The second kappa shape index (κ2) is 7.74. The van der Waals surface area contributed by atoms with E-state index in [1.165, 1.54) is 10.5 Å². The maximum absolute atomic E-state index is 6.07. The van der Waals surface area contributed by atoms with Crippen molar-refractivity contribution in [2.75, 3.05) is 13.7 Å². The van der Waals surface area contributed by atoms with Gasteiger partial charge in [-0.25, -0.2) is 0 Å². The van der Waals surface area contributed by atoms with Crippen molar-refractivity contribution < 1.29 is 4.74 Å². The summed E-state index contributed by atoms with van der Waals surface area (Å²) in [4.78, 5) is 2.31. The minimum atomic E-state index is 0.229. The zero-order chi connectivity index (χ0) is 15.2. The van der Waals surface area contributed by atoms with Gasteiger partial charge in [-0.2, -0.15) is 0 Å². The van der Waals surface area contributed by atoms with Crippen molar-refractivity contribution >= 4 is 23.4 Å². The molecule has 0 aromatic heterocycles. The minimum Gasteiger partial charge on any atom is -0.496 e. The van der Waals surface area contributed by atoms with E-state index in [4.69, 9.17) is 16.3 Å². The molecule has 2 rings (SSSR count). The third kappa shape index (κ3) is 4.16. The van der Waals surface area contributed by atoms with Gasteiger partial charge >= 0.3 is 0 Å². The molecule has 4 heteroatoms. The predicted molar refractivity (Wildman–Crippen MR) is 90.7 cm³/mol. The molecule has 0 bridgehead atoms. The molecule has 21 heavy (non-hydrogen) atoms. The van der Waals surface area contributed by atoms with E-state index in [0.717, 1.165) is 22.2 Å². The van der Waals surface area contributed by atoms with Gasteiger partial charge in [-0.15, -0.1) is 0 Å². The van der Waals surface area contributed by atoms with Crippen molar-refractivity contribution in [2.24, 2.45) is 0 Å². The summed E-state index contributed by atoms with van der Waals surface area (Å²) in [6.07, 6.45) is 0. The lowest BCUT2D eigenvalue weighted by atomic mass is 10.1. The van der Waals surface area contributed by atoms with Crippen molar-refractivity contribution in [3.63, 3.8) is 0 Å². The Balaban J connectivity index is 2.38. The Kier molecular flexibility index (Phi) is 5.97. The highest BCUT2D eigenvalue weighted by Gasteiger charge is 2.16. The molecule has 0 fully saturated rings. The lowest BCUT2D eigenvalue weighted by molar-refractivity contribution is 0.400. The lowest BCUT2D eigenvalue weighted by Crippen LogP contribution is -2.19. The Morgan fingerprint density at radius 3 is 2.67 bits per heavy atom. The van der Waals surface area contributed by atoms with Crippen LogP contribution in [0, 0.1) is 0 Å². The Bertz CT molecular complexity index is 603. The first-order valence-electron chi connectivity index (χ1n) is 6.99. The lowest BCUT2D eigenvalue weighted by Gasteiger charge is -2.20. The number of rotatable bonds is 6. The predicted octanol–water partition coefficient (Wildman–Crippen LogP) is 5.17. The van der Waals surface area contributed by atoms with Crippen LogP contribution in [0.2, 0.25) is 5.02 Å². The van der Waals surface area contributed by atoms with E-state index in [9.17, 15) is 0 Å². The van der Waals surface area contributed by atoms with Crippen molar-refractivity contribution in [3.8, 4) is 5.75 Å². The van der Waals surface area contributed by atoms with Crippen molar-refractivity contribution in [2.45, 2.75) is 29.7 Å². The molecule has 1 atom stereocenters. The second-order valence-electron chi connectivity index (χ2n) is 4.71. The first-order chi connectivity index (χ1) is 10.2. The highest BCUT2D eigenvalue weighted by molar-refractivity contribution is 7.99. The highest BCUT2D eigenvalue weighted by Crippen LogP contribution is 2.38. The fourth-order valence-electron chi connectivity index (χ4n) is 2.28. The van der Waals surface area contributed by atoms with Gasteiger partial charge in [-0.1, -0.05) is 42.4 Å². The molecule has 2 nitrogen and oxygen atoms in total. The zero-order valence-electron chi connectivity index (χ0n) is 12.5. The highest BCUT2D eigenvalue weighted by atomic mass is 35.5. The molecule has 2 aromatic rings. The van der Waals surface area contributed by atoms with Crippen LogP contribution < -0.4 is 10.1 Å². The average Bonchev–Trinajstić information content (AvgIpc) is 2.47. The molecule has 0 saturated heterocycles. The van der Waals surface area contributed by atoms with Crippen LogP contribution >= 0.6 is 23.4 Å². The van der Waals surface area contributed by atoms with E-state index in [2.05, 4.69) is 31.3 Å². The molecule has 0 aliphatic carbocycles. The molecule has 0 spiro atoms. The molecule has 0 radical (unpaired) electrons. The monoisotopic (exact) mass is 321 g/mol. The van der Waals surface area contributed by atoms with E-state index >= 15 is 0 Å². The fourth-order valence-corrected chi connectivity index (χ4v) is 3.66. The van der Waals surface area contributed by atoms with Gasteiger partial charge in [0.15, 0.2) is 0 Å². The quantitative estimate of drug-likeness (QED) is 0.793. The Morgan fingerprint density at radius 2 is 2.00 bits per heavy atom. The maximum atomic E-state index is 6.07. The van der Waals surface area contributed by atoms with Crippen LogP contribution in [-0.2, 0) is 0 Å². The molecular formula is C17H20ClNOS. The summed E-state index contributed by atoms with van der Waals surface area (Å²) in [7, 11) is 1.71. The number of benzene rings is 2. The summed E-state index contributed by atoms with van der Waals surface area (Å²) < 4.78 is 5.54. The van der Waals surface area contributed by atoms with Crippen molar-refractivity contribution in [1.82, 2.24) is 5.32 Å². The molecular weight excluding hydrogens is 302 g/mol. The number of methoxy groups -OCH3 is 1. The van der Waals surface area contributed by atoms with E-state index < -0.39 is 0 Å². The van der Waals surface area contributed by atoms with Crippen LogP contribution in [0.4, 0.5) is 0 Å². The van der Waals surface area contributed by atoms with E-state index in [0.29, 0.717) is 0 Å². The number of ether oxygens (including phenoxy) is 1. The third-order valence-corrected chi connectivity index (χ3v) is 4.51. The largest absolute Gasteiger partial charge is 0.496 e. The van der Waals surface area contributed by atoms with E-state index in [1.807, 2.05) is 30.3 Å². The molecule has 0 aliphatic rings. The maximum Gasteiger partial charge on any atom is 0.124 e. The van der Waals surface area contributed by atoms with E-state index in [1.54, 1.807) is 18.9 Å². The van der Waals surface area contributed by atoms with Crippen LogP contribution in [0.5, 0.6) is 5.75 Å². The first-order valence-corrected chi connectivity index (χ1v) is 8.18. The molecule has 112 valence electrons. The topological polar surface area (TPSA) is 21.3 Å². The Hall–Kier alpha value is -1.16. The van der Waals surface area contributed by atoms with E-state index in [-0.39, 0.29) is 6.04 Å².